The number of nitrogens with one attached hydrogen (secondary N) is 1. The van der Waals surface area contributed by atoms with Crippen LogP contribution in [0.2, 0.25) is 5.02 Å². The van der Waals surface area contributed by atoms with Crippen LogP contribution in [0.5, 0.6) is 5.75 Å². The third-order valence-corrected chi connectivity index (χ3v) is 7.07. The van der Waals surface area contributed by atoms with Gasteiger partial charge in [-0.15, -0.1) is 0 Å². The molecule has 1 saturated heterocycles. The number of rotatable bonds is 7. The Morgan fingerprint density at radius 1 is 1.29 bits per heavy atom. The van der Waals surface area contributed by atoms with Crippen LogP contribution < -0.4 is 10.1 Å². The van der Waals surface area contributed by atoms with E-state index in [1.54, 1.807) is 18.6 Å². The first kappa shape index (κ1) is 23.1. The zero-order valence-electron chi connectivity index (χ0n) is 18.9. The molecule has 0 bridgehead atoms. The summed E-state index contributed by atoms with van der Waals surface area (Å²) in [7, 11) is 0. The van der Waals surface area contributed by atoms with E-state index < -0.39 is 0 Å². The largest absolute Gasteiger partial charge is 0.486 e. The molecule has 1 fully saturated rings. The Hall–Kier alpha value is -2.68. The van der Waals surface area contributed by atoms with Gasteiger partial charge in [0.2, 0.25) is 5.91 Å². The summed E-state index contributed by atoms with van der Waals surface area (Å²) in [5.41, 5.74) is 3.69. The van der Waals surface area contributed by atoms with Crippen LogP contribution in [0.4, 0.5) is 0 Å². The number of amides is 1. The lowest BCUT2D eigenvalue weighted by atomic mass is 10.0. The van der Waals surface area contributed by atoms with E-state index in [1.165, 1.54) is 11.8 Å². The second-order valence-electron chi connectivity index (χ2n) is 8.50. The lowest BCUT2D eigenvalue weighted by Crippen LogP contribution is -2.42. The highest BCUT2D eigenvalue weighted by atomic mass is 35.5. The van der Waals surface area contributed by atoms with Crippen molar-refractivity contribution in [1.82, 2.24) is 25.2 Å². The van der Waals surface area contributed by atoms with E-state index in [0.717, 1.165) is 48.3 Å². The molecule has 3 aromatic rings. The van der Waals surface area contributed by atoms with Crippen molar-refractivity contribution in [3.63, 3.8) is 0 Å². The van der Waals surface area contributed by atoms with Gasteiger partial charge in [-0.3, -0.25) is 14.7 Å². The number of carbonyl (C=O) groups excluding carboxylic acids is 1. The number of halogens is 1. The quantitative estimate of drug-likeness (QED) is 0.389. The fourth-order valence-electron chi connectivity index (χ4n) is 4.63. The third kappa shape index (κ3) is 4.89. The molecule has 2 atom stereocenters. The highest BCUT2D eigenvalue weighted by Crippen LogP contribution is 2.39. The molecule has 4 heterocycles. The molecular weight excluding hydrogens is 470 g/mol. The Labute approximate surface area is 208 Å². The topological polar surface area (TPSA) is 80.2 Å². The maximum Gasteiger partial charge on any atom is 0.242 e. The van der Waals surface area contributed by atoms with E-state index in [0.29, 0.717) is 28.9 Å². The molecule has 34 heavy (non-hydrogen) atoms. The van der Waals surface area contributed by atoms with E-state index in [9.17, 15) is 4.79 Å². The fraction of sp³-hybridized carbons (Fsp3) is 0.360. The van der Waals surface area contributed by atoms with E-state index in [2.05, 4.69) is 31.2 Å². The molecule has 7 nitrogen and oxygen atoms in total. The summed E-state index contributed by atoms with van der Waals surface area (Å²) in [5, 5.41) is 4.38. The van der Waals surface area contributed by atoms with Crippen LogP contribution in [-0.4, -0.2) is 57.8 Å². The van der Waals surface area contributed by atoms with Crippen molar-refractivity contribution in [3.05, 3.63) is 65.1 Å². The minimum absolute atomic E-state index is 0.0215. The molecule has 0 spiro atoms. The standard InChI is InChI=1S/C25H26ClN5O2S/c1-34-25-28-8-6-21(30-25)17-11-18-12-19(33-23(18)20(26)13-17)15-29-24(32)22(31-9-2-3-10-31)16-5-4-7-27-14-16/h4-8,11,13-14,19,22H,2-3,9-10,12,15H2,1H3,(H,29,32)/t19-,22-/m1/s1. The number of hydrogen-bond donors (Lipinski definition) is 1. The van der Waals surface area contributed by atoms with Crippen molar-refractivity contribution in [1.29, 1.82) is 0 Å². The summed E-state index contributed by atoms with van der Waals surface area (Å²) in [6.07, 6.45) is 9.92. The van der Waals surface area contributed by atoms with Crippen LogP contribution >= 0.6 is 23.4 Å². The Balaban J connectivity index is 1.28. The van der Waals surface area contributed by atoms with Gasteiger partial charge in [-0.05, 0) is 62.0 Å². The first-order chi connectivity index (χ1) is 16.6. The summed E-state index contributed by atoms with van der Waals surface area (Å²) < 4.78 is 6.13. The van der Waals surface area contributed by atoms with E-state index in [4.69, 9.17) is 16.3 Å². The maximum absolute atomic E-state index is 13.2. The lowest BCUT2D eigenvalue weighted by molar-refractivity contribution is -0.126. The molecule has 0 saturated carbocycles. The van der Waals surface area contributed by atoms with Gasteiger partial charge in [0.25, 0.3) is 0 Å². The van der Waals surface area contributed by atoms with Crippen molar-refractivity contribution >= 4 is 29.3 Å². The number of benzene rings is 1. The lowest BCUT2D eigenvalue weighted by Gasteiger charge is -2.27. The number of thioether (sulfide) groups is 1. The number of nitrogens with zero attached hydrogens (tertiary/aromatic N) is 4. The van der Waals surface area contributed by atoms with Gasteiger partial charge in [-0.1, -0.05) is 29.4 Å². The number of hydrogen-bond acceptors (Lipinski definition) is 7. The molecule has 0 aliphatic carbocycles. The van der Waals surface area contributed by atoms with Crippen molar-refractivity contribution < 1.29 is 9.53 Å². The number of likely N-dealkylation sites (tertiary alicyclic amines) is 1. The molecule has 1 amide bonds. The first-order valence-electron chi connectivity index (χ1n) is 11.4. The summed E-state index contributed by atoms with van der Waals surface area (Å²) in [6.45, 7) is 2.24. The number of aromatic nitrogens is 3. The second-order valence-corrected chi connectivity index (χ2v) is 9.68. The number of carbonyl (C=O) groups is 1. The average molecular weight is 496 g/mol. The zero-order chi connectivity index (χ0) is 23.5. The van der Waals surface area contributed by atoms with Gasteiger partial charge in [0.15, 0.2) is 5.16 Å². The summed E-state index contributed by atoms with van der Waals surface area (Å²) in [4.78, 5) is 28.5. The molecule has 1 aromatic carbocycles. The smallest absolute Gasteiger partial charge is 0.242 e. The van der Waals surface area contributed by atoms with E-state index in [-0.39, 0.29) is 18.1 Å². The minimum atomic E-state index is -0.335. The summed E-state index contributed by atoms with van der Waals surface area (Å²) in [5.74, 6) is 0.666. The molecule has 2 aliphatic rings. The normalized spacial score (nSPS) is 18.4. The minimum Gasteiger partial charge on any atom is -0.486 e. The molecular formula is C25H26ClN5O2S. The second kappa shape index (κ2) is 10.3. The van der Waals surface area contributed by atoms with Crippen LogP contribution in [0, 0.1) is 0 Å². The maximum atomic E-state index is 13.2. The Bertz CT molecular complexity index is 1170. The van der Waals surface area contributed by atoms with Crippen molar-refractivity contribution in [2.75, 3.05) is 25.9 Å². The van der Waals surface area contributed by atoms with Gasteiger partial charge in [0.1, 0.15) is 17.9 Å². The van der Waals surface area contributed by atoms with Gasteiger partial charge >= 0.3 is 0 Å². The van der Waals surface area contributed by atoms with Crippen LogP contribution in [-0.2, 0) is 11.2 Å². The Morgan fingerprint density at radius 3 is 2.91 bits per heavy atom. The summed E-state index contributed by atoms with van der Waals surface area (Å²) >= 11 is 8.07. The van der Waals surface area contributed by atoms with Gasteiger partial charge in [-0.2, -0.15) is 0 Å². The van der Waals surface area contributed by atoms with Crippen molar-refractivity contribution in [3.8, 4) is 17.0 Å². The highest BCUT2D eigenvalue weighted by Gasteiger charge is 2.32. The van der Waals surface area contributed by atoms with Gasteiger partial charge in [0, 0.05) is 36.1 Å². The van der Waals surface area contributed by atoms with Crippen LogP contribution in [0.15, 0.2) is 54.1 Å². The van der Waals surface area contributed by atoms with Crippen molar-refractivity contribution in [2.45, 2.75) is 36.6 Å². The van der Waals surface area contributed by atoms with Crippen molar-refractivity contribution in [2.24, 2.45) is 0 Å². The van der Waals surface area contributed by atoms with Crippen LogP contribution in [0.25, 0.3) is 11.3 Å². The number of ether oxygens (including phenoxy) is 1. The Morgan fingerprint density at radius 2 is 2.15 bits per heavy atom. The first-order valence-corrected chi connectivity index (χ1v) is 13.0. The third-order valence-electron chi connectivity index (χ3n) is 6.22. The molecule has 0 radical (unpaired) electrons. The molecule has 5 rings (SSSR count). The number of pyridine rings is 1. The highest BCUT2D eigenvalue weighted by molar-refractivity contribution is 7.98. The van der Waals surface area contributed by atoms with Crippen LogP contribution in [0.3, 0.4) is 0 Å². The van der Waals surface area contributed by atoms with Crippen LogP contribution in [0.1, 0.15) is 30.0 Å². The van der Waals surface area contributed by atoms with E-state index >= 15 is 0 Å². The molecule has 2 aromatic heterocycles. The van der Waals surface area contributed by atoms with Gasteiger partial charge < -0.3 is 10.1 Å². The predicted octanol–water partition coefficient (Wildman–Crippen LogP) is 4.17. The van der Waals surface area contributed by atoms with Gasteiger partial charge in [0.05, 0.1) is 17.3 Å². The molecule has 9 heteroatoms. The molecule has 2 aliphatic heterocycles. The predicted molar refractivity (Wildman–Crippen MR) is 133 cm³/mol. The Kier molecular flexibility index (Phi) is 6.99. The van der Waals surface area contributed by atoms with E-state index in [1.807, 2.05) is 30.5 Å². The summed E-state index contributed by atoms with van der Waals surface area (Å²) in [6, 6.07) is 9.33. The van der Waals surface area contributed by atoms with Gasteiger partial charge in [-0.25, -0.2) is 9.97 Å². The molecule has 176 valence electrons. The number of fused-ring (bicyclic) bond motifs is 1. The molecule has 1 N–H and O–H groups in total. The molecule has 0 unspecified atom stereocenters. The SMILES string of the molecule is CSc1nccc(-c2cc(Cl)c3c(c2)C[C@H](CNC(=O)[C@@H](c2cccnc2)N2CCCC2)O3)n1. The fourth-order valence-corrected chi connectivity index (χ4v) is 5.27. The monoisotopic (exact) mass is 495 g/mol. The average Bonchev–Trinajstić information content (AvgIpc) is 3.54. The zero-order valence-corrected chi connectivity index (χ0v) is 20.5.